The molecule has 6 nitrogen and oxygen atoms in total. The fourth-order valence-electron chi connectivity index (χ4n) is 2.34. The first-order valence-corrected chi connectivity index (χ1v) is 9.46. The van der Waals surface area contributed by atoms with Gasteiger partial charge < -0.3 is 4.52 Å². The highest BCUT2D eigenvalue weighted by atomic mass is 35.5. The molecule has 0 saturated carbocycles. The third-order valence-electron chi connectivity index (χ3n) is 3.60. The van der Waals surface area contributed by atoms with Gasteiger partial charge >= 0.3 is 0 Å². The van der Waals surface area contributed by atoms with Crippen molar-refractivity contribution in [1.82, 2.24) is 14.9 Å². The molecule has 0 saturated heterocycles. The number of aromatic nitrogens is 2. The van der Waals surface area contributed by atoms with Crippen molar-refractivity contribution in [1.29, 1.82) is 0 Å². The molecule has 0 aliphatic carbocycles. The first-order chi connectivity index (χ1) is 12.0. The van der Waals surface area contributed by atoms with Gasteiger partial charge in [0, 0.05) is 18.5 Å². The van der Waals surface area contributed by atoms with Gasteiger partial charge in [0.15, 0.2) is 0 Å². The second kappa shape index (κ2) is 7.35. The predicted molar refractivity (Wildman–Crippen MR) is 94.8 cm³/mol. The van der Waals surface area contributed by atoms with Gasteiger partial charge in [-0.1, -0.05) is 47.1 Å². The van der Waals surface area contributed by atoms with Crippen molar-refractivity contribution in [2.24, 2.45) is 0 Å². The Hall–Kier alpha value is -2.22. The second-order valence-electron chi connectivity index (χ2n) is 5.40. The van der Waals surface area contributed by atoms with Gasteiger partial charge in [-0.2, -0.15) is 4.98 Å². The van der Waals surface area contributed by atoms with E-state index in [4.69, 9.17) is 16.1 Å². The van der Waals surface area contributed by atoms with Crippen molar-refractivity contribution in [3.05, 3.63) is 65.0 Å². The molecule has 1 aromatic heterocycles. The summed E-state index contributed by atoms with van der Waals surface area (Å²) in [7, 11) is -3.57. The van der Waals surface area contributed by atoms with Crippen LogP contribution >= 0.6 is 11.6 Å². The van der Waals surface area contributed by atoms with Crippen molar-refractivity contribution in [3.63, 3.8) is 0 Å². The molecule has 0 aliphatic rings. The van der Waals surface area contributed by atoms with E-state index in [1.54, 1.807) is 43.3 Å². The van der Waals surface area contributed by atoms with Gasteiger partial charge in [-0.05, 0) is 30.7 Å². The van der Waals surface area contributed by atoms with Crippen LogP contribution in [0.3, 0.4) is 0 Å². The van der Waals surface area contributed by atoms with E-state index in [1.165, 1.54) is 0 Å². The summed E-state index contributed by atoms with van der Waals surface area (Å²) in [6, 6.07) is 14.0. The van der Waals surface area contributed by atoms with E-state index in [9.17, 15) is 8.42 Å². The Morgan fingerprint density at radius 3 is 2.60 bits per heavy atom. The molecule has 130 valence electrons. The topological polar surface area (TPSA) is 85.1 Å². The van der Waals surface area contributed by atoms with Crippen molar-refractivity contribution in [2.45, 2.75) is 18.2 Å². The SMILES string of the molecule is Cc1ccccc1S(=O)(=O)NCCc1nc(-c2ccccc2Cl)no1. The van der Waals surface area contributed by atoms with E-state index in [1.807, 2.05) is 12.1 Å². The molecular formula is C17H16ClN3O3S. The average molecular weight is 378 g/mol. The third-order valence-corrected chi connectivity index (χ3v) is 5.55. The first kappa shape index (κ1) is 17.6. The van der Waals surface area contributed by atoms with Crippen molar-refractivity contribution in [3.8, 4) is 11.4 Å². The first-order valence-electron chi connectivity index (χ1n) is 7.60. The zero-order valence-corrected chi connectivity index (χ0v) is 15.0. The smallest absolute Gasteiger partial charge is 0.240 e. The lowest BCUT2D eigenvalue weighted by atomic mass is 10.2. The van der Waals surface area contributed by atoms with E-state index < -0.39 is 10.0 Å². The van der Waals surface area contributed by atoms with Crippen LogP contribution in [0.2, 0.25) is 5.02 Å². The van der Waals surface area contributed by atoms with Crippen molar-refractivity contribution >= 4 is 21.6 Å². The second-order valence-corrected chi connectivity index (χ2v) is 7.55. The molecule has 8 heteroatoms. The fraction of sp³-hybridized carbons (Fsp3) is 0.176. The molecule has 0 amide bonds. The minimum atomic E-state index is -3.57. The average Bonchev–Trinajstić information content (AvgIpc) is 3.04. The standard InChI is InChI=1S/C17H16ClN3O3S/c1-12-6-2-5-9-15(12)25(22,23)19-11-10-16-20-17(21-24-16)13-7-3-4-8-14(13)18/h2-9,19H,10-11H2,1H3. The van der Waals surface area contributed by atoms with Gasteiger partial charge in [-0.25, -0.2) is 13.1 Å². The molecule has 2 aromatic carbocycles. The molecule has 0 bridgehead atoms. The number of sulfonamides is 1. The summed E-state index contributed by atoms with van der Waals surface area (Å²) in [6.45, 7) is 1.91. The molecule has 25 heavy (non-hydrogen) atoms. The van der Waals surface area contributed by atoms with Gasteiger partial charge in [0.2, 0.25) is 21.7 Å². The highest BCUT2D eigenvalue weighted by Gasteiger charge is 2.17. The van der Waals surface area contributed by atoms with Crippen LogP contribution in [0, 0.1) is 6.92 Å². The lowest BCUT2D eigenvalue weighted by Gasteiger charge is -2.07. The Morgan fingerprint density at radius 1 is 1.12 bits per heavy atom. The van der Waals surface area contributed by atoms with Gasteiger partial charge in [0.05, 0.1) is 9.92 Å². The van der Waals surface area contributed by atoms with Crippen LogP contribution in [-0.4, -0.2) is 25.1 Å². The van der Waals surface area contributed by atoms with Gasteiger partial charge in [-0.3, -0.25) is 0 Å². The van der Waals surface area contributed by atoms with Crippen LogP contribution in [-0.2, 0) is 16.4 Å². The summed E-state index contributed by atoms with van der Waals surface area (Å²) in [4.78, 5) is 4.52. The third kappa shape index (κ3) is 4.07. The molecule has 1 N–H and O–H groups in total. The Kier molecular flexibility index (Phi) is 5.17. The number of hydrogen-bond donors (Lipinski definition) is 1. The summed E-state index contributed by atoms with van der Waals surface area (Å²) < 4.78 is 32.3. The molecule has 0 aliphatic heterocycles. The maximum absolute atomic E-state index is 12.3. The maximum atomic E-state index is 12.3. The van der Waals surface area contributed by atoms with Crippen LogP contribution in [0.15, 0.2) is 57.9 Å². The van der Waals surface area contributed by atoms with E-state index >= 15 is 0 Å². The molecule has 0 unspecified atom stereocenters. The van der Waals surface area contributed by atoms with Crippen LogP contribution in [0.4, 0.5) is 0 Å². The van der Waals surface area contributed by atoms with Gasteiger partial charge in [0.1, 0.15) is 0 Å². The van der Waals surface area contributed by atoms with E-state index in [0.717, 1.165) is 0 Å². The van der Waals surface area contributed by atoms with Gasteiger partial charge in [0.25, 0.3) is 0 Å². The lowest BCUT2D eigenvalue weighted by Crippen LogP contribution is -2.26. The summed E-state index contributed by atoms with van der Waals surface area (Å²) >= 11 is 6.10. The number of nitrogens with one attached hydrogen (secondary N) is 1. The van der Waals surface area contributed by atoms with Crippen molar-refractivity contribution < 1.29 is 12.9 Å². The Labute approximate surface area is 150 Å². The van der Waals surface area contributed by atoms with Crippen LogP contribution in [0.1, 0.15) is 11.5 Å². The summed E-state index contributed by atoms with van der Waals surface area (Å²) in [6.07, 6.45) is 0.280. The van der Waals surface area contributed by atoms with Crippen LogP contribution < -0.4 is 4.72 Å². The zero-order chi connectivity index (χ0) is 17.9. The van der Waals surface area contributed by atoms with Crippen molar-refractivity contribution in [2.75, 3.05) is 6.54 Å². The number of aryl methyl sites for hydroxylation is 1. The van der Waals surface area contributed by atoms with E-state index in [2.05, 4.69) is 14.9 Å². The minimum absolute atomic E-state index is 0.154. The Morgan fingerprint density at radius 2 is 1.84 bits per heavy atom. The van der Waals surface area contributed by atoms with Crippen LogP contribution in [0.5, 0.6) is 0 Å². The number of halogens is 1. The lowest BCUT2D eigenvalue weighted by molar-refractivity contribution is 0.379. The molecular weight excluding hydrogens is 362 g/mol. The molecule has 0 spiro atoms. The highest BCUT2D eigenvalue weighted by Crippen LogP contribution is 2.24. The number of rotatable bonds is 6. The quantitative estimate of drug-likeness (QED) is 0.712. The van der Waals surface area contributed by atoms with Crippen LogP contribution in [0.25, 0.3) is 11.4 Å². The molecule has 1 heterocycles. The number of benzene rings is 2. The Balaban J connectivity index is 1.65. The number of nitrogens with zero attached hydrogens (tertiary/aromatic N) is 2. The predicted octanol–water partition coefficient (Wildman–Crippen LogP) is 3.22. The van der Waals surface area contributed by atoms with E-state index in [-0.39, 0.29) is 17.9 Å². The summed E-state index contributed by atoms with van der Waals surface area (Å²) in [5.41, 5.74) is 1.36. The fourth-order valence-corrected chi connectivity index (χ4v) is 3.83. The molecule has 0 fully saturated rings. The summed E-state index contributed by atoms with van der Waals surface area (Å²) in [5.74, 6) is 0.713. The Bertz CT molecular complexity index is 986. The minimum Gasteiger partial charge on any atom is -0.339 e. The molecule has 0 radical (unpaired) electrons. The molecule has 3 rings (SSSR count). The monoisotopic (exact) mass is 377 g/mol. The number of hydrogen-bond acceptors (Lipinski definition) is 5. The normalized spacial score (nSPS) is 11.6. The summed E-state index contributed by atoms with van der Waals surface area (Å²) in [5, 5.41) is 4.41. The zero-order valence-electron chi connectivity index (χ0n) is 13.4. The van der Waals surface area contributed by atoms with E-state index in [0.29, 0.717) is 27.9 Å². The molecule has 0 atom stereocenters. The maximum Gasteiger partial charge on any atom is 0.240 e. The molecule has 3 aromatic rings. The highest BCUT2D eigenvalue weighted by molar-refractivity contribution is 7.89. The largest absolute Gasteiger partial charge is 0.339 e. The van der Waals surface area contributed by atoms with Gasteiger partial charge in [-0.15, -0.1) is 0 Å².